The molecule has 3 aliphatic rings. The minimum atomic E-state index is -3.02. The van der Waals surface area contributed by atoms with Crippen molar-refractivity contribution in [3.63, 3.8) is 0 Å². The van der Waals surface area contributed by atoms with Gasteiger partial charge in [0.15, 0.2) is 30.8 Å². The van der Waals surface area contributed by atoms with Crippen LogP contribution < -0.4 is 10.6 Å². The molecule has 2 amide bonds. The van der Waals surface area contributed by atoms with E-state index in [9.17, 15) is 69.0 Å². The van der Waals surface area contributed by atoms with Crippen LogP contribution in [-0.4, -0.2) is 222 Å². The average Bonchev–Trinajstić information content (AvgIpc) is 0.748. The van der Waals surface area contributed by atoms with Gasteiger partial charge < -0.3 is 98.1 Å². The highest BCUT2D eigenvalue weighted by molar-refractivity contribution is 5.84. The van der Waals surface area contributed by atoms with Crippen LogP contribution in [0.4, 0.5) is 0 Å². The Balaban J connectivity index is 1.83. The van der Waals surface area contributed by atoms with Crippen molar-refractivity contribution in [1.82, 2.24) is 10.6 Å². The SMILES string of the molecule is CCCCCCCCCCCCCCCCCC(=O)N[C@@H](CO[C@@H]1O[C@H](CO)[C@@H](O[C@@H]2O[C@H](CO)[C@H](O)[C@H](O[C@]3(C(=O)OC)C[C@H](OC(C)=O)[C@@H](NC(C)=O)[C@H]([C@H](OC(C)=O)[C@@H](COC(C)=O)OC(C)=O)O3)[C@H]2O)[C@H](O)[C@H]1O)C(=O)OCCCCCCCCCCCCCC. The lowest BCUT2D eigenvalue weighted by Gasteiger charge is -2.51. The molecule has 0 unspecified atom stereocenters. The zero-order chi connectivity index (χ0) is 70.3. The second-order valence-electron chi connectivity index (χ2n) is 25.2. The van der Waals surface area contributed by atoms with Crippen LogP contribution in [0.25, 0.3) is 0 Å². The summed E-state index contributed by atoms with van der Waals surface area (Å²) in [6.45, 7) is 5.96. The van der Waals surface area contributed by atoms with Gasteiger partial charge in [0, 0.05) is 41.0 Å². The number of aliphatic hydroxyl groups is 6. The Morgan fingerprint density at radius 2 is 1.05 bits per heavy atom. The highest BCUT2D eigenvalue weighted by Crippen LogP contribution is 2.41. The summed E-state index contributed by atoms with van der Waals surface area (Å²) >= 11 is 0. The molecule has 550 valence electrons. The van der Waals surface area contributed by atoms with Gasteiger partial charge in [-0.3, -0.25) is 28.8 Å². The molecule has 17 atom stereocenters. The number of carbonyl (C=O) groups is 8. The maximum Gasteiger partial charge on any atom is 0.366 e. The molecule has 0 aliphatic carbocycles. The number of esters is 6. The average molecular weight is 1370 g/mol. The molecule has 3 fully saturated rings. The van der Waals surface area contributed by atoms with Crippen LogP contribution >= 0.6 is 0 Å². The fourth-order valence-electron chi connectivity index (χ4n) is 12.1. The summed E-state index contributed by atoms with van der Waals surface area (Å²) in [5.74, 6) is -10.5. The second kappa shape index (κ2) is 47.3. The molecule has 8 N–H and O–H groups in total. The van der Waals surface area contributed by atoms with Crippen molar-refractivity contribution in [3.8, 4) is 0 Å². The highest BCUT2D eigenvalue weighted by Gasteiger charge is 2.62. The molecule has 95 heavy (non-hydrogen) atoms. The first kappa shape index (κ1) is 84.5. The Bertz CT molecular complexity index is 2230. The molecular weight excluding hydrogens is 1250 g/mol. The number of hydrogen-bond donors (Lipinski definition) is 8. The zero-order valence-electron chi connectivity index (χ0n) is 57.6. The fraction of sp³-hybridized carbons (Fsp3) is 0.881. The van der Waals surface area contributed by atoms with Crippen molar-refractivity contribution < 1.29 is 126 Å². The van der Waals surface area contributed by atoms with E-state index in [1.165, 1.54) is 109 Å². The number of nitrogens with one attached hydrogen (secondary N) is 2. The Morgan fingerprint density at radius 1 is 0.547 bits per heavy atom. The van der Waals surface area contributed by atoms with E-state index in [1.54, 1.807) is 0 Å². The Morgan fingerprint density at radius 3 is 1.53 bits per heavy atom. The van der Waals surface area contributed by atoms with Gasteiger partial charge in [0.25, 0.3) is 5.79 Å². The Kier molecular flexibility index (Phi) is 42.1. The number of rotatable bonds is 49. The number of methoxy groups -OCH3 is 1. The molecule has 0 radical (unpaired) electrons. The quantitative estimate of drug-likeness (QED) is 0.0221. The molecule has 0 aromatic heterocycles. The lowest BCUT2D eigenvalue weighted by molar-refractivity contribution is -0.386. The molecule has 0 aromatic carbocycles. The largest absolute Gasteiger partial charge is 0.465 e. The normalized spacial score (nSPS) is 26.9. The first-order valence-corrected chi connectivity index (χ1v) is 34.8. The predicted molar refractivity (Wildman–Crippen MR) is 340 cm³/mol. The maximum absolute atomic E-state index is 14.3. The molecule has 0 spiro atoms. The van der Waals surface area contributed by atoms with Crippen molar-refractivity contribution in [1.29, 1.82) is 0 Å². The van der Waals surface area contributed by atoms with Gasteiger partial charge in [-0.25, -0.2) is 9.59 Å². The van der Waals surface area contributed by atoms with E-state index < -0.39 is 184 Å². The first-order chi connectivity index (χ1) is 45.5. The standard InChI is InChI=1S/C67H116N2O26/c1-9-11-13-15-17-19-21-23-24-25-26-28-30-32-34-36-53(77)69-48(63(82)85-37-35-33-31-29-27-22-20-18-16-14-12-10-2)41-87-64-57(80)56(79)59(51(40-71)92-64)93-65-58(81)62(55(78)50(39-70)91-65)95-67(66(83)84-8)38-49(88-45(5)74)54(68-43(3)72)61(94-67)60(90-47(7)76)52(89-46(6)75)42-86-44(4)73/h48-52,54-62,64-65,70-71,78-81H,9-42H2,1-8H3,(H,68,72)(H,69,77)/t48-,49-,50+,51+,52+,54+,55-,56+,57+,58+,59+,60+,61+,62-,64+,65-,67-/m0/s1. The monoisotopic (exact) mass is 1360 g/mol. The van der Waals surface area contributed by atoms with E-state index in [0.29, 0.717) is 12.8 Å². The third-order valence-corrected chi connectivity index (χ3v) is 17.1. The van der Waals surface area contributed by atoms with Gasteiger partial charge in [-0.2, -0.15) is 0 Å². The summed E-state index contributed by atoms with van der Waals surface area (Å²) in [7, 11) is 0.866. The van der Waals surface area contributed by atoms with Gasteiger partial charge >= 0.3 is 35.8 Å². The second-order valence-corrected chi connectivity index (χ2v) is 25.2. The van der Waals surface area contributed by atoms with E-state index in [2.05, 4.69) is 24.5 Å². The first-order valence-electron chi connectivity index (χ1n) is 34.8. The van der Waals surface area contributed by atoms with Crippen LogP contribution in [0, 0.1) is 0 Å². The van der Waals surface area contributed by atoms with Crippen LogP contribution in [0.3, 0.4) is 0 Å². The van der Waals surface area contributed by atoms with Crippen LogP contribution in [0.2, 0.25) is 0 Å². The maximum atomic E-state index is 14.3. The third kappa shape index (κ3) is 30.9. The van der Waals surface area contributed by atoms with Gasteiger partial charge in [0.05, 0.1) is 46.0 Å². The number of unbranched alkanes of at least 4 members (excludes halogenated alkanes) is 25. The fourth-order valence-corrected chi connectivity index (χ4v) is 12.1. The Hall–Kier alpha value is -4.72. The van der Waals surface area contributed by atoms with Crippen LogP contribution in [-0.2, 0) is 95.2 Å². The van der Waals surface area contributed by atoms with Crippen molar-refractivity contribution in [3.05, 3.63) is 0 Å². The summed E-state index contributed by atoms with van der Waals surface area (Å²) < 4.78 is 68.6. The molecule has 3 rings (SSSR count). The van der Waals surface area contributed by atoms with Crippen molar-refractivity contribution >= 4 is 47.6 Å². The molecule has 0 bridgehead atoms. The summed E-state index contributed by atoms with van der Waals surface area (Å²) in [4.78, 5) is 104. The van der Waals surface area contributed by atoms with Gasteiger partial charge in [0.2, 0.25) is 11.8 Å². The van der Waals surface area contributed by atoms with E-state index in [0.717, 1.165) is 93.1 Å². The molecule has 0 saturated carbocycles. The molecule has 28 nitrogen and oxygen atoms in total. The van der Waals surface area contributed by atoms with Gasteiger partial charge in [-0.15, -0.1) is 0 Å². The summed E-state index contributed by atoms with van der Waals surface area (Å²) in [6, 6.07) is -3.03. The molecule has 3 aliphatic heterocycles. The van der Waals surface area contributed by atoms with E-state index in [1.807, 2.05) is 0 Å². The lowest BCUT2D eigenvalue weighted by Crippen LogP contribution is -2.71. The van der Waals surface area contributed by atoms with Gasteiger partial charge in [0.1, 0.15) is 67.6 Å². The number of carbonyl (C=O) groups excluding carboxylic acids is 8. The van der Waals surface area contributed by atoms with Crippen molar-refractivity contribution in [2.24, 2.45) is 0 Å². The molecular formula is C67H116N2O26. The molecule has 3 saturated heterocycles. The number of amides is 2. The minimum absolute atomic E-state index is 0.0718. The summed E-state index contributed by atoms with van der Waals surface area (Å²) in [5, 5.41) is 73.6. The number of hydrogen-bond acceptors (Lipinski definition) is 26. The minimum Gasteiger partial charge on any atom is -0.465 e. The van der Waals surface area contributed by atoms with Crippen LogP contribution in [0.15, 0.2) is 0 Å². The van der Waals surface area contributed by atoms with E-state index in [4.69, 9.17) is 56.8 Å². The van der Waals surface area contributed by atoms with E-state index >= 15 is 0 Å². The molecule has 28 heteroatoms. The molecule has 3 heterocycles. The topological polar surface area (TPSA) is 393 Å². The number of aliphatic hydroxyl groups excluding tert-OH is 6. The zero-order valence-corrected chi connectivity index (χ0v) is 57.6. The summed E-state index contributed by atoms with van der Waals surface area (Å²) in [5.41, 5.74) is 0. The van der Waals surface area contributed by atoms with Crippen LogP contribution in [0.1, 0.15) is 235 Å². The van der Waals surface area contributed by atoms with Crippen LogP contribution in [0.5, 0.6) is 0 Å². The molecule has 0 aromatic rings. The Labute approximate surface area is 560 Å². The third-order valence-electron chi connectivity index (χ3n) is 17.1. The summed E-state index contributed by atoms with van der Waals surface area (Å²) in [6.07, 6.45) is 2.07. The highest BCUT2D eigenvalue weighted by atomic mass is 16.8. The smallest absolute Gasteiger partial charge is 0.366 e. The number of ether oxygens (including phenoxy) is 12. The van der Waals surface area contributed by atoms with Crippen molar-refractivity contribution in [2.75, 3.05) is 40.1 Å². The van der Waals surface area contributed by atoms with Crippen molar-refractivity contribution in [2.45, 2.75) is 338 Å². The van der Waals surface area contributed by atoms with E-state index in [-0.39, 0.29) is 13.0 Å². The van der Waals surface area contributed by atoms with Gasteiger partial charge in [-0.1, -0.05) is 174 Å². The van der Waals surface area contributed by atoms with Gasteiger partial charge in [-0.05, 0) is 12.8 Å². The lowest BCUT2D eigenvalue weighted by atomic mass is 9.87. The predicted octanol–water partition coefficient (Wildman–Crippen LogP) is 5.16.